The fourth-order valence-corrected chi connectivity index (χ4v) is 8.00. The van der Waals surface area contributed by atoms with E-state index in [0.717, 1.165) is 72.9 Å². The molecule has 1 aromatic carbocycles. The van der Waals surface area contributed by atoms with Gasteiger partial charge in [-0.3, -0.25) is 35.4 Å². The van der Waals surface area contributed by atoms with E-state index in [1.807, 2.05) is 26.0 Å². The molecule has 2 saturated heterocycles. The van der Waals surface area contributed by atoms with Gasteiger partial charge < -0.3 is 19.8 Å². The predicted octanol–water partition coefficient (Wildman–Crippen LogP) is 5.32. The number of aromatic nitrogens is 7. The van der Waals surface area contributed by atoms with Gasteiger partial charge in [0.1, 0.15) is 5.15 Å². The van der Waals surface area contributed by atoms with Gasteiger partial charge in [-0.2, -0.15) is 0 Å². The number of anilines is 6. The second kappa shape index (κ2) is 18.1. The molecule has 4 amide bonds. The fourth-order valence-electron chi connectivity index (χ4n) is 7.85. The summed E-state index contributed by atoms with van der Waals surface area (Å²) in [7, 11) is -1.41. The van der Waals surface area contributed by atoms with E-state index >= 15 is 0 Å². The van der Waals surface area contributed by atoms with Crippen LogP contribution in [0.15, 0.2) is 91.9 Å². The first-order chi connectivity index (χ1) is 29.9. The molecule has 0 saturated carbocycles. The highest BCUT2D eigenvalue weighted by Crippen LogP contribution is 2.41. The van der Waals surface area contributed by atoms with Crippen LogP contribution in [0.3, 0.4) is 0 Å². The Kier molecular flexibility index (Phi) is 12.2. The minimum Gasteiger partial charge on any atom is -0.423 e. The average molecular weight is 854 g/mol. The molecule has 2 fully saturated rings. The molecule has 6 aromatic rings. The molecule has 4 aliphatic heterocycles. The third kappa shape index (κ3) is 8.98. The number of amides is 4. The molecule has 10 rings (SSSR count). The van der Waals surface area contributed by atoms with Crippen LogP contribution in [0.5, 0.6) is 0 Å². The number of aryl methyl sites for hydroxylation is 4. The van der Waals surface area contributed by atoms with Gasteiger partial charge in [-0.25, -0.2) is 29.5 Å². The highest BCUT2D eigenvalue weighted by Gasteiger charge is 2.41. The van der Waals surface area contributed by atoms with Gasteiger partial charge in [0.2, 0.25) is 0 Å². The zero-order chi connectivity index (χ0) is 43.5. The van der Waals surface area contributed by atoms with Gasteiger partial charge >= 0.3 is 19.2 Å². The number of rotatable bonds is 4. The minimum absolute atomic E-state index is 0.0927. The van der Waals surface area contributed by atoms with Crippen molar-refractivity contribution in [2.75, 3.05) is 56.4 Å². The maximum atomic E-state index is 13.2. The Morgan fingerprint density at radius 1 is 0.677 bits per heavy atom. The minimum atomic E-state index is -1.41. The molecule has 316 valence electrons. The highest BCUT2D eigenvalue weighted by atomic mass is 35.5. The molecule has 9 heterocycles. The van der Waals surface area contributed by atoms with Crippen LogP contribution in [0.25, 0.3) is 11.3 Å². The molecular formula is C43H45BClN13O4. The standard InChI is InChI=1S/C22H22N6O.C14H13ClN6O.C7H10BNO2/c1-14-3-4-16(11-15(14)2)18-5-6-19-21(25-18)28(17-7-10-27(19)13-17)22(29)26-20-12-23-8-9-24-20;15-11-2-1-10-13(18-11)21(9-3-6-20(10)8-9)14(22)19-12-7-16-4-5-17-12;1-5-3-7(8(10)11)4-9-6(5)2/h3-6,8-9,11-12,17H,7,10,13H2,1-2H3,(H,24,26,29);1-2,4-5,7,9H,3,6,8H2,(H,17,19,22);3-4,10-11H,1-2H3/t17-;9-;/m00./s1. The molecule has 0 radical (unpaired) electrons. The van der Waals surface area contributed by atoms with Crippen LogP contribution < -0.4 is 35.7 Å². The summed E-state index contributed by atoms with van der Waals surface area (Å²) >= 11 is 6.01. The summed E-state index contributed by atoms with van der Waals surface area (Å²) in [4.78, 5) is 63.3. The van der Waals surface area contributed by atoms with E-state index < -0.39 is 7.12 Å². The largest absolute Gasteiger partial charge is 0.490 e. The van der Waals surface area contributed by atoms with Crippen molar-refractivity contribution in [2.24, 2.45) is 0 Å². The van der Waals surface area contributed by atoms with Crippen molar-refractivity contribution < 1.29 is 19.6 Å². The van der Waals surface area contributed by atoms with E-state index in [1.165, 1.54) is 29.7 Å². The molecule has 4 N–H and O–H groups in total. The normalized spacial score (nSPS) is 16.6. The summed E-state index contributed by atoms with van der Waals surface area (Å²) in [6, 6.07) is 15.5. The van der Waals surface area contributed by atoms with Crippen LogP contribution in [0.1, 0.15) is 35.2 Å². The monoisotopic (exact) mass is 853 g/mol. The van der Waals surface area contributed by atoms with E-state index in [-0.39, 0.29) is 24.1 Å². The summed E-state index contributed by atoms with van der Waals surface area (Å²) in [5.74, 6) is 2.15. The van der Waals surface area contributed by atoms with Gasteiger partial charge in [0.15, 0.2) is 23.3 Å². The Morgan fingerprint density at radius 2 is 1.26 bits per heavy atom. The molecule has 62 heavy (non-hydrogen) atoms. The van der Waals surface area contributed by atoms with Crippen molar-refractivity contribution >= 4 is 70.9 Å². The van der Waals surface area contributed by atoms with E-state index in [0.29, 0.717) is 33.9 Å². The third-order valence-electron chi connectivity index (χ3n) is 11.4. The van der Waals surface area contributed by atoms with Crippen LogP contribution in [0, 0.1) is 27.7 Å². The second-order valence-electron chi connectivity index (χ2n) is 15.4. The Hall–Kier alpha value is -6.76. The number of hydrogen-bond donors (Lipinski definition) is 4. The molecule has 19 heteroatoms. The average Bonchev–Trinajstić information content (AvgIpc) is 3.89. The van der Waals surface area contributed by atoms with E-state index in [9.17, 15) is 9.59 Å². The van der Waals surface area contributed by atoms with Crippen molar-refractivity contribution in [2.45, 2.75) is 52.6 Å². The lowest BCUT2D eigenvalue weighted by molar-refractivity contribution is 0.254. The SMILES string of the molecule is Cc1cc(B(O)O)cnc1C.Cc1ccc(-c2ccc3c(n2)N(C(=O)Nc2cnccn2)[C@H]2CCN3C2)cc1C.O=C(Nc1cnccn1)N1c2nc(Cl)ccc2N2CC[C@H]1C2. The third-order valence-corrected chi connectivity index (χ3v) is 11.6. The van der Waals surface area contributed by atoms with Crippen LogP contribution in [0.2, 0.25) is 5.15 Å². The van der Waals surface area contributed by atoms with Crippen molar-refractivity contribution in [1.82, 2.24) is 34.9 Å². The van der Waals surface area contributed by atoms with Crippen molar-refractivity contribution in [3.05, 3.63) is 119 Å². The lowest BCUT2D eigenvalue weighted by Crippen LogP contribution is -2.48. The van der Waals surface area contributed by atoms with Crippen LogP contribution in [-0.2, 0) is 0 Å². The second-order valence-corrected chi connectivity index (χ2v) is 15.8. The lowest BCUT2D eigenvalue weighted by atomic mass is 9.81. The molecule has 4 aliphatic rings. The summed E-state index contributed by atoms with van der Waals surface area (Å²) in [5.41, 5.74) is 8.65. The van der Waals surface area contributed by atoms with Crippen LogP contribution in [-0.4, -0.2) is 102 Å². The first-order valence-electron chi connectivity index (χ1n) is 20.2. The number of halogens is 1. The number of nitrogens with one attached hydrogen (secondary N) is 2. The zero-order valence-corrected chi connectivity index (χ0v) is 35.4. The van der Waals surface area contributed by atoms with Crippen molar-refractivity contribution in [3.8, 4) is 11.3 Å². The molecule has 0 unspecified atom stereocenters. The van der Waals surface area contributed by atoms with Gasteiger partial charge in [0, 0.05) is 73.9 Å². The molecule has 4 bridgehead atoms. The zero-order valence-electron chi connectivity index (χ0n) is 34.6. The topological polar surface area (TPSA) is 202 Å². The lowest BCUT2D eigenvalue weighted by Gasteiger charge is -2.35. The number of benzene rings is 1. The summed E-state index contributed by atoms with van der Waals surface area (Å²) in [5, 5.41) is 23.5. The van der Waals surface area contributed by atoms with Crippen molar-refractivity contribution in [1.29, 1.82) is 0 Å². The molecule has 5 aromatic heterocycles. The smallest absolute Gasteiger partial charge is 0.423 e. The molecule has 17 nitrogen and oxygen atoms in total. The number of fused-ring (bicyclic) bond motifs is 8. The van der Waals surface area contributed by atoms with Gasteiger partial charge in [-0.05, 0) is 87.6 Å². The fraction of sp³-hybridized carbons (Fsp3) is 0.279. The maximum absolute atomic E-state index is 13.2. The predicted molar refractivity (Wildman–Crippen MR) is 240 cm³/mol. The number of hydrogen-bond acceptors (Lipinski definition) is 13. The van der Waals surface area contributed by atoms with E-state index in [4.69, 9.17) is 26.6 Å². The first kappa shape index (κ1) is 42.0. The molecule has 0 aliphatic carbocycles. The summed E-state index contributed by atoms with van der Waals surface area (Å²) in [6.45, 7) is 11.4. The van der Waals surface area contributed by atoms with Gasteiger partial charge in [0.05, 0.1) is 41.5 Å². The number of nitrogens with zero attached hydrogens (tertiary/aromatic N) is 11. The van der Waals surface area contributed by atoms with Crippen molar-refractivity contribution in [3.63, 3.8) is 0 Å². The Morgan fingerprint density at radius 3 is 1.79 bits per heavy atom. The van der Waals surface area contributed by atoms with Gasteiger partial charge in [-0.15, -0.1) is 0 Å². The number of urea groups is 2. The number of carbonyl (C=O) groups excluding carboxylic acids is 2. The maximum Gasteiger partial charge on any atom is 0.490 e. The van der Waals surface area contributed by atoms with E-state index in [1.54, 1.807) is 46.7 Å². The van der Waals surface area contributed by atoms with Gasteiger partial charge in [-0.1, -0.05) is 29.8 Å². The number of pyridine rings is 3. The highest BCUT2D eigenvalue weighted by molar-refractivity contribution is 6.58. The van der Waals surface area contributed by atoms with Crippen LogP contribution >= 0.6 is 11.6 Å². The Balaban J connectivity index is 0.000000141. The Bertz CT molecular complexity index is 2590. The quantitative estimate of drug-likeness (QED) is 0.131. The molecule has 2 atom stereocenters. The first-order valence-corrected chi connectivity index (χ1v) is 20.6. The Labute approximate surface area is 364 Å². The summed E-state index contributed by atoms with van der Waals surface area (Å²) in [6.07, 6.45) is 12.6. The van der Waals surface area contributed by atoms with Crippen LogP contribution in [0.4, 0.5) is 44.2 Å². The summed E-state index contributed by atoms with van der Waals surface area (Å²) < 4.78 is 0. The van der Waals surface area contributed by atoms with E-state index in [2.05, 4.69) is 88.5 Å². The molecule has 0 spiro atoms. The molecular weight excluding hydrogens is 809 g/mol. The van der Waals surface area contributed by atoms with Gasteiger partial charge in [0.25, 0.3) is 0 Å². The number of carbonyl (C=O) groups is 2.